The number of imidazole rings is 1. The van der Waals surface area contributed by atoms with Gasteiger partial charge in [0.1, 0.15) is 0 Å². The van der Waals surface area contributed by atoms with E-state index < -0.39 is 0 Å². The van der Waals surface area contributed by atoms with E-state index in [1.54, 1.807) is 6.33 Å². The maximum atomic E-state index is 11.8. The quantitative estimate of drug-likeness (QED) is 0.774. The number of hydrogen-bond donors (Lipinski definition) is 3. The van der Waals surface area contributed by atoms with E-state index in [1.807, 2.05) is 18.2 Å². The van der Waals surface area contributed by atoms with Gasteiger partial charge < -0.3 is 15.6 Å². The molecule has 0 radical (unpaired) electrons. The Bertz CT molecular complexity index is 572. The molecule has 0 saturated carbocycles. The predicted molar refractivity (Wildman–Crippen MR) is 73.6 cm³/mol. The molecule has 1 fully saturated rings. The van der Waals surface area contributed by atoms with Crippen molar-refractivity contribution in [3.05, 3.63) is 30.1 Å². The second-order valence-corrected chi connectivity index (χ2v) is 5.03. The smallest absolute Gasteiger partial charge is 0.221 e. The number of nitrogens with zero attached hydrogens (tertiary/aromatic N) is 1. The zero-order valence-corrected chi connectivity index (χ0v) is 10.8. The molecule has 1 saturated heterocycles. The van der Waals surface area contributed by atoms with Crippen LogP contribution in [0.3, 0.4) is 0 Å². The number of fused-ring (bicyclic) bond motifs is 1. The van der Waals surface area contributed by atoms with Crippen LogP contribution in [0.4, 0.5) is 0 Å². The second-order valence-electron chi connectivity index (χ2n) is 5.03. The van der Waals surface area contributed by atoms with E-state index in [1.165, 1.54) is 6.42 Å². The van der Waals surface area contributed by atoms with Gasteiger partial charge in [-0.25, -0.2) is 4.98 Å². The summed E-state index contributed by atoms with van der Waals surface area (Å²) in [4.78, 5) is 19.1. The van der Waals surface area contributed by atoms with E-state index in [0.717, 1.165) is 29.6 Å². The Hall–Kier alpha value is -1.88. The third kappa shape index (κ3) is 2.93. The molecule has 0 spiro atoms. The normalized spacial score (nSPS) is 18.8. The average Bonchev–Trinajstić information content (AvgIpc) is 3.06. The number of nitrogens with one attached hydrogen (secondary N) is 3. The summed E-state index contributed by atoms with van der Waals surface area (Å²) in [5, 5.41) is 6.30. The van der Waals surface area contributed by atoms with Gasteiger partial charge in [0.15, 0.2) is 0 Å². The van der Waals surface area contributed by atoms with E-state index in [9.17, 15) is 4.79 Å². The Morgan fingerprint density at radius 1 is 1.47 bits per heavy atom. The van der Waals surface area contributed by atoms with E-state index in [0.29, 0.717) is 19.0 Å². The number of rotatable bonds is 4. The number of carbonyl (C=O) groups excluding carboxylic acids is 1. The van der Waals surface area contributed by atoms with Gasteiger partial charge in [0, 0.05) is 19.0 Å². The molecule has 2 aromatic rings. The van der Waals surface area contributed by atoms with E-state index in [2.05, 4.69) is 20.6 Å². The molecule has 3 N–H and O–H groups in total. The van der Waals surface area contributed by atoms with Crippen molar-refractivity contribution >= 4 is 16.9 Å². The van der Waals surface area contributed by atoms with Crippen molar-refractivity contribution in [1.82, 2.24) is 20.6 Å². The fourth-order valence-electron chi connectivity index (χ4n) is 2.52. The van der Waals surface area contributed by atoms with Crippen LogP contribution in [-0.2, 0) is 11.3 Å². The highest BCUT2D eigenvalue weighted by molar-refractivity contribution is 5.77. The number of amides is 1. The van der Waals surface area contributed by atoms with Crippen LogP contribution in [0.2, 0.25) is 0 Å². The van der Waals surface area contributed by atoms with Crippen molar-refractivity contribution in [2.75, 3.05) is 6.54 Å². The first-order valence-electron chi connectivity index (χ1n) is 6.73. The summed E-state index contributed by atoms with van der Waals surface area (Å²) in [5.41, 5.74) is 3.04. The van der Waals surface area contributed by atoms with Gasteiger partial charge in [0.05, 0.1) is 17.4 Å². The van der Waals surface area contributed by atoms with Gasteiger partial charge in [-0.3, -0.25) is 4.79 Å². The lowest BCUT2D eigenvalue weighted by Gasteiger charge is -2.10. The molecule has 19 heavy (non-hydrogen) atoms. The highest BCUT2D eigenvalue weighted by Gasteiger charge is 2.17. The number of hydrogen-bond acceptors (Lipinski definition) is 3. The Morgan fingerprint density at radius 3 is 3.26 bits per heavy atom. The van der Waals surface area contributed by atoms with Crippen LogP contribution in [0.15, 0.2) is 24.5 Å². The minimum atomic E-state index is 0.115. The molecule has 3 rings (SSSR count). The maximum absolute atomic E-state index is 11.8. The predicted octanol–water partition coefficient (Wildman–Crippen LogP) is 1.32. The highest BCUT2D eigenvalue weighted by Crippen LogP contribution is 2.12. The van der Waals surface area contributed by atoms with Crippen molar-refractivity contribution in [1.29, 1.82) is 0 Å². The molecule has 0 aliphatic carbocycles. The van der Waals surface area contributed by atoms with Crippen molar-refractivity contribution < 1.29 is 4.79 Å². The number of aromatic amines is 1. The number of carbonyl (C=O) groups is 1. The van der Waals surface area contributed by atoms with Crippen molar-refractivity contribution in [3.63, 3.8) is 0 Å². The molecule has 2 heterocycles. The zero-order chi connectivity index (χ0) is 13.1. The highest BCUT2D eigenvalue weighted by atomic mass is 16.1. The van der Waals surface area contributed by atoms with Gasteiger partial charge >= 0.3 is 0 Å². The second kappa shape index (κ2) is 5.40. The largest absolute Gasteiger partial charge is 0.352 e. The lowest BCUT2D eigenvalue weighted by Crippen LogP contribution is -2.31. The third-order valence-corrected chi connectivity index (χ3v) is 3.57. The molecule has 1 aliphatic rings. The molecule has 5 nitrogen and oxygen atoms in total. The topological polar surface area (TPSA) is 69.8 Å². The van der Waals surface area contributed by atoms with Crippen molar-refractivity contribution in [2.24, 2.45) is 0 Å². The summed E-state index contributed by atoms with van der Waals surface area (Å²) >= 11 is 0. The third-order valence-electron chi connectivity index (χ3n) is 3.57. The summed E-state index contributed by atoms with van der Waals surface area (Å²) in [7, 11) is 0. The van der Waals surface area contributed by atoms with Gasteiger partial charge in [0.2, 0.25) is 5.91 Å². The minimum absolute atomic E-state index is 0.115. The first-order valence-corrected chi connectivity index (χ1v) is 6.73. The molecule has 0 bridgehead atoms. The van der Waals surface area contributed by atoms with Gasteiger partial charge in [-0.1, -0.05) is 6.07 Å². The maximum Gasteiger partial charge on any atom is 0.221 e. The van der Waals surface area contributed by atoms with Gasteiger partial charge in [0.25, 0.3) is 0 Å². The number of H-pyrrole nitrogens is 1. The monoisotopic (exact) mass is 258 g/mol. The van der Waals surface area contributed by atoms with E-state index in [-0.39, 0.29) is 5.91 Å². The first-order chi connectivity index (χ1) is 9.31. The molecule has 1 unspecified atom stereocenters. The molecule has 1 atom stereocenters. The van der Waals surface area contributed by atoms with Gasteiger partial charge in [-0.15, -0.1) is 0 Å². The minimum Gasteiger partial charge on any atom is -0.352 e. The lowest BCUT2D eigenvalue weighted by atomic mass is 10.1. The van der Waals surface area contributed by atoms with Crippen LogP contribution in [-0.4, -0.2) is 28.5 Å². The fourth-order valence-corrected chi connectivity index (χ4v) is 2.52. The molecular formula is C14H18N4O. The Kier molecular flexibility index (Phi) is 3.46. The summed E-state index contributed by atoms with van der Waals surface area (Å²) in [6.45, 7) is 1.61. The summed E-state index contributed by atoms with van der Waals surface area (Å²) < 4.78 is 0. The van der Waals surface area contributed by atoms with Crippen LogP contribution < -0.4 is 10.6 Å². The summed E-state index contributed by atoms with van der Waals surface area (Å²) in [6.07, 6.45) is 4.53. The molecule has 1 amide bonds. The SMILES string of the molecule is O=C(CC1CCCN1)NCc1ccc2nc[nH]c2c1. The molecular weight excluding hydrogens is 240 g/mol. The molecule has 1 aromatic heterocycles. The number of benzene rings is 1. The van der Waals surface area contributed by atoms with Crippen LogP contribution in [0.5, 0.6) is 0 Å². The standard InChI is InChI=1S/C14H18N4O/c19-14(7-11-2-1-5-15-11)16-8-10-3-4-12-13(6-10)18-9-17-12/h3-4,6,9,11,15H,1-2,5,7-8H2,(H,16,19)(H,17,18). The number of aromatic nitrogens is 2. The molecule has 1 aliphatic heterocycles. The van der Waals surface area contributed by atoms with Crippen LogP contribution >= 0.6 is 0 Å². The Morgan fingerprint density at radius 2 is 2.42 bits per heavy atom. The van der Waals surface area contributed by atoms with Crippen LogP contribution in [0.25, 0.3) is 11.0 Å². The van der Waals surface area contributed by atoms with Crippen LogP contribution in [0, 0.1) is 0 Å². The van der Waals surface area contributed by atoms with Gasteiger partial charge in [-0.05, 0) is 37.1 Å². The van der Waals surface area contributed by atoms with Gasteiger partial charge in [-0.2, -0.15) is 0 Å². The molecule has 1 aromatic carbocycles. The first kappa shape index (κ1) is 12.2. The van der Waals surface area contributed by atoms with E-state index in [4.69, 9.17) is 0 Å². The average molecular weight is 258 g/mol. The van der Waals surface area contributed by atoms with E-state index >= 15 is 0 Å². The van der Waals surface area contributed by atoms with Crippen molar-refractivity contribution in [2.45, 2.75) is 31.8 Å². The Labute approximate surface area is 111 Å². The summed E-state index contributed by atoms with van der Waals surface area (Å²) in [6, 6.07) is 6.34. The molecule has 5 heteroatoms. The zero-order valence-electron chi connectivity index (χ0n) is 10.8. The summed E-state index contributed by atoms with van der Waals surface area (Å²) in [5.74, 6) is 0.115. The Balaban J connectivity index is 1.54. The van der Waals surface area contributed by atoms with Crippen molar-refractivity contribution in [3.8, 4) is 0 Å². The molecule has 100 valence electrons. The van der Waals surface area contributed by atoms with Crippen LogP contribution in [0.1, 0.15) is 24.8 Å². The lowest BCUT2D eigenvalue weighted by molar-refractivity contribution is -0.121. The fraction of sp³-hybridized carbons (Fsp3) is 0.429.